The minimum absolute atomic E-state index is 0.0619. The van der Waals surface area contributed by atoms with Crippen molar-refractivity contribution in [3.8, 4) is 45.6 Å². The molecular weight excluding hydrogens is 1380 g/mol. The molecule has 20 heteroatoms. The van der Waals surface area contributed by atoms with Crippen LogP contribution in [-0.4, -0.2) is 84.7 Å². The number of pyridine rings is 4. The molecule has 0 fully saturated rings. The van der Waals surface area contributed by atoms with E-state index in [1.54, 1.807) is 30.7 Å². The molecular formula is C91H62N18O2. The molecule has 0 amide bonds. The molecule has 20 nitrogen and oxygen atoms in total. The first-order chi connectivity index (χ1) is 54.5. The van der Waals surface area contributed by atoms with Gasteiger partial charge in [0.05, 0.1) is 71.1 Å². The van der Waals surface area contributed by atoms with Crippen LogP contribution in [0, 0.1) is 30.9 Å². The molecule has 0 atom stereocenters. The standard InChI is InChI=1S/C24H16N4O2.C24H18N4.C22H15N5.C21H13N5/c1-13-21(18-8-4-5-9-20(18)25-13)24-26-22-17-7-3-2-6-15(17)16-11-10-14(28(29)30)12-19(16)23(22)27-24;1-13-21(18-8-4-5-9-20(18)26-13)24-27-22-17-7-3-2-6-15(17)16-11-10-14(25)12-19(16)23(22)28-24;1-12-17(13-6-2-3-9-16(13)25-12)22-26-20-14-7-4-10-23-18(14)19-15(21(20)27-22)8-5-11-24-19;1-2-8-16-12(5-1)15(11-24-16)21-25-19-13-6-3-9-22-17(13)18-14(20(19)26-21)7-4-10-23-18/h2-12,25H,1H3,(H,26,27);2-12,26H,25H2,1H3,(H,27,28);2-11,25H,1H3,(H,26,27);1-11,24H,(H,25,26). The van der Waals surface area contributed by atoms with Gasteiger partial charge in [-0.25, -0.2) is 19.9 Å². The van der Waals surface area contributed by atoms with Gasteiger partial charge in [-0.3, -0.25) is 30.1 Å². The van der Waals surface area contributed by atoms with Crippen molar-refractivity contribution in [2.24, 2.45) is 0 Å². The minimum atomic E-state index is -0.363. The number of non-ortho nitro benzene ring substituents is 1. The van der Waals surface area contributed by atoms with E-state index in [9.17, 15) is 10.1 Å². The van der Waals surface area contributed by atoms with Gasteiger partial charge in [-0.1, -0.05) is 127 Å². The number of nitrogen functional groups attached to an aromatic ring is 1. The molecule has 111 heavy (non-hydrogen) atoms. The lowest BCUT2D eigenvalue weighted by atomic mass is 9.99. The van der Waals surface area contributed by atoms with Gasteiger partial charge in [0.2, 0.25) is 0 Å². The molecule has 0 bridgehead atoms. The molecule has 0 aliphatic rings. The Bertz CT molecular complexity index is 7840. The van der Waals surface area contributed by atoms with E-state index in [2.05, 4.69) is 189 Å². The summed E-state index contributed by atoms with van der Waals surface area (Å²) in [4.78, 5) is 77.2. The highest BCUT2D eigenvalue weighted by molar-refractivity contribution is 6.27. The number of nitro groups is 1. The quantitative estimate of drug-likeness (QED) is 0.0338. The Kier molecular flexibility index (Phi) is 14.5. The Morgan fingerprint density at radius 2 is 0.622 bits per heavy atom. The lowest BCUT2D eigenvalue weighted by molar-refractivity contribution is -0.384. The van der Waals surface area contributed by atoms with Crippen LogP contribution in [0.4, 0.5) is 11.4 Å². The van der Waals surface area contributed by atoms with Crippen molar-refractivity contribution in [1.82, 2.24) is 79.7 Å². The van der Waals surface area contributed by atoms with Gasteiger partial charge in [0.15, 0.2) is 0 Å². The Hall–Kier alpha value is -15.4. The number of nitro benzene ring substituents is 1. The normalized spacial score (nSPS) is 11.8. The van der Waals surface area contributed by atoms with Crippen LogP contribution in [0.25, 0.3) is 220 Å². The number of aromatic amines is 8. The molecule has 24 aromatic rings. The molecule has 0 aliphatic carbocycles. The summed E-state index contributed by atoms with van der Waals surface area (Å²) in [5.41, 5.74) is 29.9. The molecule has 0 aliphatic heterocycles. The number of hydrogen-bond donors (Lipinski definition) is 9. The smallest absolute Gasteiger partial charge is 0.270 e. The van der Waals surface area contributed by atoms with Gasteiger partial charge in [-0.05, 0) is 133 Å². The maximum Gasteiger partial charge on any atom is 0.270 e. The number of anilines is 1. The third-order valence-corrected chi connectivity index (χ3v) is 21.5. The second-order valence-corrected chi connectivity index (χ2v) is 28.0. The lowest BCUT2D eigenvalue weighted by Crippen LogP contribution is -1.89. The van der Waals surface area contributed by atoms with Crippen molar-refractivity contribution in [2.75, 3.05) is 5.73 Å². The fourth-order valence-corrected chi connectivity index (χ4v) is 16.7. The van der Waals surface area contributed by atoms with E-state index >= 15 is 0 Å². The zero-order valence-electron chi connectivity index (χ0n) is 59.7. The van der Waals surface area contributed by atoms with E-state index < -0.39 is 0 Å². The van der Waals surface area contributed by atoms with Crippen LogP contribution in [-0.2, 0) is 0 Å². The monoisotopic (exact) mass is 1440 g/mol. The molecule has 12 heterocycles. The SMILES string of the molecule is Cc1[nH]c2ccccc2c1-c1nc2c3cc(N)ccc3c3ccccc3c2[nH]1.Cc1[nH]c2ccccc2c1-c1nc2c3cc([N+](=O)[O-])ccc3c3ccccc3c2[nH]1.Cc1[nH]c2ccccc2c1-c1nc2c3cccnc3c3ncccc3c2[nH]1.c1ccc2c(-c3nc4c5cccnc5c5ncccc5c4[nH]3)c[nH]c2c1. The minimum Gasteiger partial charge on any atom is -0.399 e. The summed E-state index contributed by atoms with van der Waals surface area (Å²) < 4.78 is 0. The van der Waals surface area contributed by atoms with Gasteiger partial charge in [0.1, 0.15) is 23.3 Å². The summed E-state index contributed by atoms with van der Waals surface area (Å²) in [5, 5.41) is 28.5. The number of nitrogens with two attached hydrogens (primary N) is 1. The summed E-state index contributed by atoms with van der Waals surface area (Å²) in [7, 11) is 0. The van der Waals surface area contributed by atoms with Crippen LogP contribution in [0.3, 0.4) is 0 Å². The zero-order valence-corrected chi connectivity index (χ0v) is 59.7. The number of hydrogen-bond acceptors (Lipinski definition) is 11. The highest BCUT2D eigenvalue weighted by Gasteiger charge is 2.24. The first kappa shape index (κ1) is 64.0. The number of aryl methyl sites for hydroxylation is 3. The van der Waals surface area contributed by atoms with Crippen LogP contribution in [0.5, 0.6) is 0 Å². The summed E-state index contributed by atoms with van der Waals surface area (Å²) in [6.07, 6.45) is 9.22. The third kappa shape index (κ3) is 10.2. The van der Waals surface area contributed by atoms with Crippen molar-refractivity contribution in [1.29, 1.82) is 0 Å². The second-order valence-electron chi connectivity index (χ2n) is 28.0. The van der Waals surface area contributed by atoms with Crippen molar-refractivity contribution in [3.05, 3.63) is 289 Å². The summed E-state index contributed by atoms with van der Waals surface area (Å²) in [5.74, 6) is 3.34. The Labute approximate surface area is 627 Å². The molecule has 0 spiro atoms. The Morgan fingerprint density at radius 3 is 1.07 bits per heavy atom. The number of benzene rings is 12. The topological polar surface area (TPSA) is 299 Å². The molecule has 528 valence electrons. The number of imidazole rings is 4. The van der Waals surface area contributed by atoms with Gasteiger partial charge in [0.25, 0.3) is 5.69 Å². The van der Waals surface area contributed by atoms with Crippen LogP contribution in [0.2, 0.25) is 0 Å². The largest absolute Gasteiger partial charge is 0.399 e. The number of rotatable bonds is 5. The number of nitrogens with zero attached hydrogens (tertiary/aromatic N) is 9. The molecule has 12 aromatic carbocycles. The number of H-pyrrole nitrogens is 8. The van der Waals surface area contributed by atoms with Gasteiger partial charge in [-0.2, -0.15) is 0 Å². The first-order valence-electron chi connectivity index (χ1n) is 36.4. The highest BCUT2D eigenvalue weighted by Crippen LogP contribution is 2.43. The van der Waals surface area contributed by atoms with Crippen molar-refractivity contribution in [2.45, 2.75) is 20.8 Å². The van der Waals surface area contributed by atoms with Crippen molar-refractivity contribution >= 4 is 186 Å². The van der Waals surface area contributed by atoms with Crippen LogP contribution >= 0.6 is 0 Å². The molecule has 12 aromatic heterocycles. The van der Waals surface area contributed by atoms with E-state index in [1.807, 2.05) is 122 Å². The van der Waals surface area contributed by atoms with Gasteiger partial charge in [-0.15, -0.1) is 0 Å². The average Bonchev–Trinajstić information content (AvgIpc) is 1.57. The number of fused-ring (bicyclic) bond motifs is 28. The third-order valence-electron chi connectivity index (χ3n) is 21.5. The van der Waals surface area contributed by atoms with Crippen LogP contribution in [0.15, 0.2) is 262 Å². The fraction of sp³-hybridized carbons (Fsp3) is 0.0330. The van der Waals surface area contributed by atoms with E-state index in [0.717, 1.165) is 216 Å². The number of aromatic nitrogens is 16. The second kappa shape index (κ2) is 25.1. The fourth-order valence-electron chi connectivity index (χ4n) is 16.7. The van der Waals surface area contributed by atoms with Gasteiger partial charge in [0, 0.05) is 175 Å². The molecule has 0 unspecified atom stereocenters. The van der Waals surface area contributed by atoms with E-state index in [1.165, 1.54) is 26.9 Å². The maximum absolute atomic E-state index is 11.4. The van der Waals surface area contributed by atoms with Gasteiger partial charge >= 0.3 is 0 Å². The molecule has 0 radical (unpaired) electrons. The Morgan fingerprint density at radius 1 is 0.297 bits per heavy atom. The number of para-hydroxylation sites is 4. The summed E-state index contributed by atoms with van der Waals surface area (Å²) >= 11 is 0. The van der Waals surface area contributed by atoms with Gasteiger partial charge < -0.3 is 45.6 Å². The zero-order chi connectivity index (χ0) is 74.3. The molecule has 0 saturated carbocycles. The van der Waals surface area contributed by atoms with Crippen LogP contribution < -0.4 is 5.73 Å². The van der Waals surface area contributed by atoms with Crippen molar-refractivity contribution in [3.63, 3.8) is 0 Å². The van der Waals surface area contributed by atoms with Crippen molar-refractivity contribution < 1.29 is 4.92 Å². The summed E-state index contributed by atoms with van der Waals surface area (Å²) in [6, 6.07) is 76.7. The number of nitrogens with one attached hydrogen (secondary N) is 8. The molecule has 0 saturated heterocycles. The maximum atomic E-state index is 11.4. The van der Waals surface area contributed by atoms with Crippen LogP contribution in [0.1, 0.15) is 17.1 Å². The Balaban J connectivity index is 0.0000000938. The predicted octanol–water partition coefficient (Wildman–Crippen LogP) is 22.1. The first-order valence-corrected chi connectivity index (χ1v) is 36.4. The van der Waals surface area contributed by atoms with E-state index in [0.29, 0.717) is 0 Å². The average molecular weight is 1440 g/mol. The summed E-state index contributed by atoms with van der Waals surface area (Å²) in [6.45, 7) is 6.21. The highest BCUT2D eigenvalue weighted by atomic mass is 16.6. The van der Waals surface area contributed by atoms with E-state index in [-0.39, 0.29) is 10.6 Å². The lowest BCUT2D eigenvalue weighted by Gasteiger charge is -2.06. The predicted molar refractivity (Wildman–Crippen MR) is 450 cm³/mol. The molecule has 24 rings (SSSR count). The van der Waals surface area contributed by atoms with E-state index in [4.69, 9.17) is 25.7 Å². The molecule has 10 N–H and O–H groups in total.